The number of ether oxygens (including phenoxy) is 2. The Labute approximate surface area is 111 Å². The predicted octanol–water partition coefficient (Wildman–Crippen LogP) is 4.95. The molecule has 0 bridgehead atoms. The van der Waals surface area contributed by atoms with E-state index in [0.717, 1.165) is 12.8 Å². The Morgan fingerprint density at radius 2 is 1.53 bits per heavy atom. The van der Waals surface area contributed by atoms with Crippen LogP contribution in [-0.2, 0) is 9.47 Å². The molecular weight excluding hydrogens is 232 g/mol. The van der Waals surface area contributed by atoms with E-state index in [9.17, 15) is 0 Å². The number of thioether (sulfide) groups is 1. The maximum absolute atomic E-state index is 5.44. The van der Waals surface area contributed by atoms with Crippen molar-refractivity contribution >= 4 is 11.8 Å². The number of rotatable bonds is 12. The van der Waals surface area contributed by atoms with Gasteiger partial charge in [0.1, 0.15) is 0 Å². The molecule has 0 aromatic heterocycles. The summed E-state index contributed by atoms with van der Waals surface area (Å²) in [6.45, 7) is 5.97. The third-order valence-electron chi connectivity index (χ3n) is 2.97. The summed E-state index contributed by atoms with van der Waals surface area (Å²) in [4.78, 5) is 0. The van der Waals surface area contributed by atoms with Gasteiger partial charge < -0.3 is 9.47 Å². The molecule has 0 saturated heterocycles. The van der Waals surface area contributed by atoms with Crippen molar-refractivity contribution in [1.82, 2.24) is 0 Å². The van der Waals surface area contributed by atoms with Crippen molar-refractivity contribution in [3.05, 3.63) is 12.0 Å². The van der Waals surface area contributed by atoms with Crippen LogP contribution in [0.5, 0.6) is 0 Å². The zero-order chi connectivity index (χ0) is 13.0. The Bertz CT molecular complexity index is 179. The average Bonchev–Trinajstić information content (AvgIpc) is 2.36. The molecule has 0 aliphatic heterocycles. The van der Waals surface area contributed by atoms with Crippen LogP contribution in [0, 0.1) is 0 Å². The van der Waals surface area contributed by atoms with Gasteiger partial charge in [0.15, 0.2) is 0 Å². The second-order valence-electron chi connectivity index (χ2n) is 4.25. The first kappa shape index (κ1) is 17.0. The third-order valence-corrected chi connectivity index (χ3v) is 4.03. The fraction of sp³-hybridized carbons (Fsp3) is 0.857. The van der Waals surface area contributed by atoms with E-state index < -0.39 is 5.12 Å². The standard InChI is InChI=1S/C14H28O2S/c1-5-7-8-9-10-11-12-13-14(15-3,16-4)17-6-2/h6H,2,5,7-13H2,1,3-4H3. The average molecular weight is 260 g/mol. The maximum atomic E-state index is 5.44. The molecule has 0 N–H and O–H groups in total. The minimum atomic E-state index is -0.523. The number of hydrogen-bond acceptors (Lipinski definition) is 3. The first-order valence-corrected chi connectivity index (χ1v) is 7.51. The molecule has 0 unspecified atom stereocenters. The summed E-state index contributed by atoms with van der Waals surface area (Å²) in [6, 6.07) is 0. The van der Waals surface area contributed by atoms with E-state index in [1.54, 1.807) is 19.6 Å². The molecule has 0 aliphatic carbocycles. The van der Waals surface area contributed by atoms with E-state index in [1.807, 2.05) is 0 Å². The molecule has 0 aromatic rings. The Hall–Kier alpha value is 0.01000. The second-order valence-corrected chi connectivity index (χ2v) is 5.44. The van der Waals surface area contributed by atoms with E-state index >= 15 is 0 Å². The Balaban J connectivity index is 3.64. The molecule has 102 valence electrons. The van der Waals surface area contributed by atoms with Gasteiger partial charge in [-0.25, -0.2) is 0 Å². The lowest BCUT2D eigenvalue weighted by molar-refractivity contribution is -0.138. The van der Waals surface area contributed by atoms with Gasteiger partial charge in [0.05, 0.1) is 0 Å². The Morgan fingerprint density at radius 1 is 1.00 bits per heavy atom. The quantitative estimate of drug-likeness (QED) is 0.365. The topological polar surface area (TPSA) is 18.5 Å². The van der Waals surface area contributed by atoms with Crippen molar-refractivity contribution in [1.29, 1.82) is 0 Å². The molecule has 0 atom stereocenters. The van der Waals surface area contributed by atoms with Gasteiger partial charge in [-0.2, -0.15) is 0 Å². The summed E-state index contributed by atoms with van der Waals surface area (Å²) in [5.74, 6) is 0. The molecule has 0 aliphatic rings. The Kier molecular flexibility index (Phi) is 11.1. The SMILES string of the molecule is C=CSC(CCCCCCCCC)(OC)OC. The van der Waals surface area contributed by atoms with Crippen molar-refractivity contribution in [2.45, 2.75) is 63.4 Å². The lowest BCUT2D eigenvalue weighted by atomic mass is 10.1. The number of hydrogen-bond donors (Lipinski definition) is 0. The van der Waals surface area contributed by atoms with Crippen LogP contribution in [0.4, 0.5) is 0 Å². The molecule has 0 saturated carbocycles. The Morgan fingerprint density at radius 3 is 2.00 bits per heavy atom. The van der Waals surface area contributed by atoms with Crippen LogP contribution in [-0.4, -0.2) is 19.3 Å². The van der Waals surface area contributed by atoms with Crippen molar-refractivity contribution in [2.24, 2.45) is 0 Å². The van der Waals surface area contributed by atoms with Gasteiger partial charge in [-0.3, -0.25) is 0 Å². The molecule has 0 aromatic carbocycles. The summed E-state index contributed by atoms with van der Waals surface area (Å²) < 4.78 is 10.9. The van der Waals surface area contributed by atoms with E-state index in [0.29, 0.717) is 0 Å². The maximum Gasteiger partial charge on any atom is 0.221 e. The van der Waals surface area contributed by atoms with Crippen LogP contribution in [0.25, 0.3) is 0 Å². The molecule has 0 amide bonds. The van der Waals surface area contributed by atoms with Gasteiger partial charge >= 0.3 is 0 Å². The van der Waals surface area contributed by atoms with Crippen LogP contribution in [0.3, 0.4) is 0 Å². The highest BCUT2D eigenvalue weighted by molar-refractivity contribution is 8.03. The highest BCUT2D eigenvalue weighted by Gasteiger charge is 2.28. The van der Waals surface area contributed by atoms with Crippen molar-refractivity contribution in [3.63, 3.8) is 0 Å². The molecule has 0 spiro atoms. The molecule has 2 nitrogen and oxygen atoms in total. The fourth-order valence-electron chi connectivity index (χ4n) is 1.87. The monoisotopic (exact) mass is 260 g/mol. The van der Waals surface area contributed by atoms with Gasteiger partial charge in [0.2, 0.25) is 5.12 Å². The van der Waals surface area contributed by atoms with Crippen LogP contribution >= 0.6 is 11.8 Å². The van der Waals surface area contributed by atoms with Gasteiger partial charge in [0.25, 0.3) is 0 Å². The highest BCUT2D eigenvalue weighted by Crippen LogP contribution is 2.33. The number of methoxy groups -OCH3 is 2. The minimum absolute atomic E-state index is 0.523. The summed E-state index contributed by atoms with van der Waals surface area (Å²) >= 11 is 1.52. The molecule has 0 rings (SSSR count). The summed E-state index contributed by atoms with van der Waals surface area (Å²) in [5, 5.41) is 1.26. The number of unbranched alkanes of at least 4 members (excludes halogenated alkanes) is 6. The first-order valence-electron chi connectivity index (χ1n) is 6.63. The second kappa shape index (κ2) is 11.1. The van der Waals surface area contributed by atoms with Crippen molar-refractivity contribution in [3.8, 4) is 0 Å². The van der Waals surface area contributed by atoms with Gasteiger partial charge in [-0.1, -0.05) is 63.8 Å². The van der Waals surface area contributed by atoms with Crippen molar-refractivity contribution in [2.75, 3.05) is 14.2 Å². The van der Waals surface area contributed by atoms with Crippen molar-refractivity contribution < 1.29 is 9.47 Å². The zero-order valence-electron chi connectivity index (χ0n) is 11.7. The van der Waals surface area contributed by atoms with E-state index in [1.165, 1.54) is 50.3 Å². The van der Waals surface area contributed by atoms with E-state index in [-0.39, 0.29) is 0 Å². The lowest BCUT2D eigenvalue weighted by Gasteiger charge is -2.28. The van der Waals surface area contributed by atoms with Gasteiger partial charge in [-0.05, 0) is 11.8 Å². The van der Waals surface area contributed by atoms with Crippen LogP contribution in [0.1, 0.15) is 58.3 Å². The molecular formula is C14H28O2S. The zero-order valence-corrected chi connectivity index (χ0v) is 12.5. The summed E-state index contributed by atoms with van der Waals surface area (Å²) in [7, 11) is 3.39. The highest BCUT2D eigenvalue weighted by atomic mass is 32.2. The summed E-state index contributed by atoms with van der Waals surface area (Å²) in [6.07, 6.45) is 10.1. The van der Waals surface area contributed by atoms with Crippen LogP contribution in [0.2, 0.25) is 0 Å². The van der Waals surface area contributed by atoms with Crippen LogP contribution < -0.4 is 0 Å². The predicted molar refractivity (Wildman–Crippen MR) is 77.1 cm³/mol. The van der Waals surface area contributed by atoms with E-state index in [2.05, 4.69) is 13.5 Å². The first-order chi connectivity index (χ1) is 8.24. The van der Waals surface area contributed by atoms with Crippen LogP contribution in [0.15, 0.2) is 12.0 Å². The smallest absolute Gasteiger partial charge is 0.221 e. The molecule has 0 heterocycles. The van der Waals surface area contributed by atoms with Gasteiger partial charge in [-0.15, -0.1) is 0 Å². The third kappa shape index (κ3) is 7.85. The minimum Gasteiger partial charge on any atom is -0.344 e. The lowest BCUT2D eigenvalue weighted by Crippen LogP contribution is -2.28. The molecule has 17 heavy (non-hydrogen) atoms. The molecule has 3 heteroatoms. The van der Waals surface area contributed by atoms with Gasteiger partial charge in [0, 0.05) is 20.6 Å². The largest absolute Gasteiger partial charge is 0.344 e. The molecule has 0 radical (unpaired) electrons. The fourth-order valence-corrected chi connectivity index (χ4v) is 2.58. The van der Waals surface area contributed by atoms with E-state index in [4.69, 9.17) is 9.47 Å². The molecule has 0 fully saturated rings. The normalized spacial score (nSPS) is 11.7. The summed E-state index contributed by atoms with van der Waals surface area (Å²) in [5.41, 5.74) is 0.